The van der Waals surface area contributed by atoms with Crippen molar-refractivity contribution < 1.29 is 144 Å². The normalized spacial score (nSPS) is 5.06. The molecule has 0 aliphatic heterocycles. The molecule has 16 heavy (non-hydrogen) atoms. The largest absolute Gasteiger partial charge is 3.00 e. The fraction of sp³-hybridized carbons (Fsp3) is 0. The summed E-state index contributed by atoms with van der Waals surface area (Å²) in [5.74, 6) is 0. The van der Waals surface area contributed by atoms with Gasteiger partial charge in [0.05, 0.1) is 0 Å². The van der Waals surface area contributed by atoms with Crippen LogP contribution in [0.5, 0.6) is 0 Å². The van der Waals surface area contributed by atoms with E-state index in [9.17, 15) is 0 Å². The molecule has 0 spiro atoms. The molecule has 0 saturated heterocycles. The van der Waals surface area contributed by atoms with Crippen LogP contribution in [0.4, 0.5) is 0 Å². The van der Waals surface area contributed by atoms with Crippen LogP contribution in [0.2, 0.25) is 0 Å². The minimum absolute atomic E-state index is 0. The maximum Gasteiger partial charge on any atom is 3.00 e. The zero-order chi connectivity index (χ0) is 10.7. The molecule has 0 aromatic carbocycles. The zero-order valence-electron chi connectivity index (χ0n) is 8.03. The molecule has 0 aliphatic carbocycles. The van der Waals surface area contributed by atoms with Crippen LogP contribution in [0.25, 0.3) is 0 Å². The third-order valence-corrected chi connectivity index (χ3v) is 0. The van der Waals surface area contributed by atoms with Crippen molar-refractivity contribution in [3.63, 3.8) is 0 Å². The van der Waals surface area contributed by atoms with E-state index in [0.717, 1.165) is 0 Å². The Hall–Kier alpha value is 3.06. The van der Waals surface area contributed by atoms with E-state index in [4.69, 9.17) is 45.2 Å². The van der Waals surface area contributed by atoms with E-state index < -0.39 is 22.0 Å². The molecule has 9 nitrogen and oxygen atoms in total. The van der Waals surface area contributed by atoms with E-state index >= 15 is 0 Å². The molecule has 16 heteroatoms. The molecule has 0 aliphatic rings. The van der Waals surface area contributed by atoms with E-state index in [1.54, 1.807) is 0 Å². The van der Waals surface area contributed by atoms with Crippen molar-refractivity contribution in [2.45, 2.75) is 0 Å². The van der Waals surface area contributed by atoms with E-state index in [2.05, 4.69) is 0 Å². The monoisotopic (exact) mass is 511 g/mol. The minimum Gasteiger partial charge on any atom is -0.907 e. The smallest absolute Gasteiger partial charge is 0.907 e. The van der Waals surface area contributed by atoms with Crippen molar-refractivity contribution in [2.75, 3.05) is 0 Å². The van der Waals surface area contributed by atoms with Crippen LogP contribution >= 0.6 is 0 Å². The summed E-state index contributed by atoms with van der Waals surface area (Å²) in [5, 5.41) is 75.8. The molecule has 0 unspecified atom stereocenters. The van der Waals surface area contributed by atoms with Gasteiger partial charge in [0.2, 0.25) is 0 Å². The van der Waals surface area contributed by atoms with Gasteiger partial charge in [-0.1, -0.05) is 0 Å². The van der Waals surface area contributed by atoms with Crippen LogP contribution in [-0.4, -0.2) is 22.0 Å². The maximum atomic E-state index is 8.42. The van der Waals surface area contributed by atoms with Crippen LogP contribution in [0, 0.1) is 40.8 Å². The average molecular weight is 517 g/mol. The predicted octanol–water partition coefficient (Wildman–Crippen LogP) is -11.9. The number of rotatable bonds is 0. The molecule has 0 fully saturated rings. The summed E-state index contributed by atoms with van der Waals surface area (Å²) in [6.07, 6.45) is 0. The van der Waals surface area contributed by atoms with Crippen LogP contribution in [0.1, 0.15) is 0 Å². The van der Waals surface area contributed by atoms with Gasteiger partial charge >= 0.3 is 99.3 Å². The van der Waals surface area contributed by atoms with Gasteiger partial charge in [0.25, 0.3) is 0 Å². The molecule has 1 radical (unpaired) electrons. The second-order valence-electron chi connectivity index (χ2n) is 0.866. The van der Waals surface area contributed by atoms with Gasteiger partial charge in [-0.15, -0.1) is 0 Å². The van der Waals surface area contributed by atoms with Gasteiger partial charge in [0, 0.05) is 0 Å². The summed E-state index contributed by atoms with van der Waals surface area (Å²) < 4.78 is 0. The van der Waals surface area contributed by atoms with Crippen molar-refractivity contribution in [2.24, 2.45) is 0 Å². The molecule has 0 saturated carbocycles. The molecule has 73 valence electrons. The Morgan fingerprint density at radius 3 is 0.375 bits per heavy atom. The molecule has 0 heterocycles. The molecule has 0 amide bonds. The van der Waals surface area contributed by atoms with Gasteiger partial charge in [-0.2, -0.15) is 0 Å². The Kier molecular flexibility index (Phi) is 96.5. The summed E-state index contributed by atoms with van der Waals surface area (Å²) in [5.41, 5.74) is 0. The van der Waals surface area contributed by atoms with Crippen molar-refractivity contribution >= 4 is 22.0 Å². The molecule has 0 aromatic heterocycles. The van der Waals surface area contributed by atoms with E-state index in [0.29, 0.717) is 0 Å². The Bertz CT molecular complexity index is 54.5. The van der Waals surface area contributed by atoms with Crippen LogP contribution in [-0.2, 0) is 58.4 Å². The molecule has 0 rings (SSSR count). The predicted molar refractivity (Wildman–Crippen MR) is 17.3 cm³/mol. The first-order valence-electron chi connectivity index (χ1n) is 2.12. The number of hydrogen-bond donors (Lipinski definition) is 0. The Morgan fingerprint density at radius 1 is 0.375 bits per heavy atom. The summed E-state index contributed by atoms with van der Waals surface area (Å²) in [6, 6.07) is 0. The first-order valence-corrected chi connectivity index (χ1v) is 2.12. The van der Waals surface area contributed by atoms with Crippen LogP contribution in [0.15, 0.2) is 0 Å². The SMILES string of the molecule is [Nd+3].[O-]B([O-])[O-].[O-]B([O-])[O-].[O-]B([O-])[O-].[Zn+2].[Zn+2].[Zn+2]. The van der Waals surface area contributed by atoms with Gasteiger partial charge in [-0.3, -0.25) is 22.0 Å². The summed E-state index contributed by atoms with van der Waals surface area (Å²) >= 11 is 0. The van der Waals surface area contributed by atoms with Crippen LogP contribution in [0.3, 0.4) is 0 Å². The molecule has 0 aromatic rings. The average Bonchev–Trinajstić information content (AvgIpc) is 1.54. The van der Waals surface area contributed by atoms with Gasteiger partial charge in [0.1, 0.15) is 0 Å². The summed E-state index contributed by atoms with van der Waals surface area (Å²) in [6.45, 7) is 0. The van der Waals surface area contributed by atoms with Crippen molar-refractivity contribution in [3.8, 4) is 0 Å². The maximum absolute atomic E-state index is 8.42. The standard InChI is InChI=1S/3BO3.Nd.3Zn/c3*2-1(3)4;;;;/q3*-3;+3;3*+2. The fourth-order valence-electron chi connectivity index (χ4n) is 0. The topological polar surface area (TPSA) is 208 Å². The van der Waals surface area contributed by atoms with Gasteiger partial charge in [-0.05, 0) is 0 Å². The number of hydrogen-bond acceptors (Lipinski definition) is 9. The van der Waals surface area contributed by atoms with E-state index in [1.807, 2.05) is 0 Å². The second-order valence-corrected chi connectivity index (χ2v) is 0.866. The third-order valence-electron chi connectivity index (χ3n) is 0. The Morgan fingerprint density at radius 2 is 0.375 bits per heavy atom. The Labute approximate surface area is 164 Å². The van der Waals surface area contributed by atoms with E-state index in [1.165, 1.54) is 0 Å². The fourth-order valence-corrected chi connectivity index (χ4v) is 0. The first-order chi connectivity index (χ1) is 5.20. The van der Waals surface area contributed by atoms with Crippen LogP contribution < -0.4 is 45.2 Å². The van der Waals surface area contributed by atoms with Crippen molar-refractivity contribution in [1.29, 1.82) is 0 Å². The molecular weight excluding hydrogens is 517 g/mol. The molecular formula is B3NdO9Zn3. The van der Waals surface area contributed by atoms with Gasteiger partial charge in [-0.25, -0.2) is 0 Å². The van der Waals surface area contributed by atoms with E-state index in [-0.39, 0.29) is 99.3 Å². The minimum atomic E-state index is -2.92. The zero-order valence-corrected chi connectivity index (χ0v) is 20.1. The quantitative estimate of drug-likeness (QED) is 0.279. The van der Waals surface area contributed by atoms with Gasteiger partial charge in [0.15, 0.2) is 0 Å². The molecule has 0 N–H and O–H groups in total. The van der Waals surface area contributed by atoms with Gasteiger partial charge < -0.3 is 45.2 Å². The summed E-state index contributed by atoms with van der Waals surface area (Å²) in [7, 11) is -8.75. The first kappa shape index (κ1) is 42.7. The second kappa shape index (κ2) is 36.1. The third kappa shape index (κ3) is 471. The molecule has 0 bridgehead atoms. The van der Waals surface area contributed by atoms with Crippen molar-refractivity contribution in [3.05, 3.63) is 0 Å². The Balaban J connectivity index is -0.0000000135. The molecule has 0 atom stereocenters. The summed E-state index contributed by atoms with van der Waals surface area (Å²) in [4.78, 5) is 0. The van der Waals surface area contributed by atoms with Crippen molar-refractivity contribution in [1.82, 2.24) is 0 Å².